The summed E-state index contributed by atoms with van der Waals surface area (Å²) in [6.45, 7) is 10.7. The van der Waals surface area contributed by atoms with Gasteiger partial charge in [-0.15, -0.1) is 10.2 Å². The van der Waals surface area contributed by atoms with Crippen molar-refractivity contribution < 1.29 is 19.4 Å². The van der Waals surface area contributed by atoms with Crippen LogP contribution in [0.3, 0.4) is 0 Å². The Morgan fingerprint density at radius 1 is 1.09 bits per heavy atom. The second kappa shape index (κ2) is 15.1. The molecule has 2 atom stereocenters. The van der Waals surface area contributed by atoms with Crippen LogP contribution in [0.15, 0.2) is 42.1 Å². The summed E-state index contributed by atoms with van der Waals surface area (Å²) in [5.74, 6) is 2.05. The standard InChI is InChI=1S/C42H51N9O4S/c1-26-30-6-5-11-51(38(30)49-48-37(26)47-40-45-33-7-3-4-8-34(33)56-40)35-10-9-31(36(46-35)39(52)53)32(23-43)27(2)44-25-41-19-28-18-29(20-41)22-42(21-28,24-41)55-17-14-50-12-15-54-16-13-50/h3-4,7-10,23,28-29,43-44H,5-6,11-22,24-25H2,1-2H3,(H,52,53)(H,45,47,48)/b32-27+,43-23?. The smallest absolute Gasteiger partial charge is 0.355 e. The number of benzene rings is 1. The molecule has 13 nitrogen and oxygen atoms in total. The summed E-state index contributed by atoms with van der Waals surface area (Å²) in [6, 6.07) is 11.7. The Hall–Kier alpha value is -4.50. The number of fused-ring (bicyclic) bond motifs is 2. The first kappa shape index (κ1) is 37.1. The SMILES string of the molecule is C/C(NCC12CC3CC(C1)CC(OCCN1CCOCC1)(C3)C2)=C(/C=N)c1ccc(N2CCCc3c2nnc(Nc2nc4ccccc4s2)c3C)nc1C(=O)O. The molecule has 0 radical (unpaired) electrons. The van der Waals surface area contributed by atoms with E-state index in [0.717, 1.165) is 110 Å². The number of hydrogen-bond donors (Lipinski definition) is 4. The molecule has 4 saturated carbocycles. The molecule has 3 aromatic heterocycles. The Kier molecular flexibility index (Phi) is 10.0. The van der Waals surface area contributed by atoms with E-state index in [9.17, 15) is 9.90 Å². The van der Waals surface area contributed by atoms with E-state index >= 15 is 0 Å². The number of carboxylic acids is 1. The van der Waals surface area contributed by atoms with E-state index in [2.05, 4.69) is 25.7 Å². The fourth-order valence-corrected chi connectivity index (χ4v) is 11.6. The van der Waals surface area contributed by atoms with Crippen molar-refractivity contribution in [2.75, 3.05) is 62.8 Å². The lowest BCUT2D eigenvalue weighted by atomic mass is 9.48. The molecule has 4 bridgehead atoms. The average Bonchev–Trinajstić information content (AvgIpc) is 3.61. The average molecular weight is 778 g/mol. The van der Waals surface area contributed by atoms with Gasteiger partial charge in [-0.25, -0.2) is 14.8 Å². The van der Waals surface area contributed by atoms with Crippen LogP contribution in [0.4, 0.5) is 22.6 Å². The van der Waals surface area contributed by atoms with E-state index in [1.165, 1.54) is 25.5 Å². The molecule has 294 valence electrons. The lowest BCUT2D eigenvalue weighted by molar-refractivity contribution is -0.193. The first-order valence-electron chi connectivity index (χ1n) is 20.1. The third kappa shape index (κ3) is 7.16. The van der Waals surface area contributed by atoms with Crippen molar-refractivity contribution in [3.8, 4) is 0 Å². The van der Waals surface area contributed by atoms with Gasteiger partial charge in [0.2, 0.25) is 0 Å². The maximum Gasteiger partial charge on any atom is 0.355 e. The molecule has 4 N–H and O–H groups in total. The number of rotatable bonds is 13. The topological polar surface area (TPSA) is 162 Å². The number of aromatic nitrogens is 4. The first-order valence-corrected chi connectivity index (χ1v) is 20.9. The van der Waals surface area contributed by atoms with Crippen LogP contribution < -0.4 is 15.5 Å². The van der Waals surface area contributed by atoms with Crippen LogP contribution in [0.1, 0.15) is 79.0 Å². The number of pyridine rings is 1. The molecule has 5 heterocycles. The normalized spacial score (nSPS) is 26.2. The van der Waals surface area contributed by atoms with Crippen molar-refractivity contribution in [2.45, 2.75) is 70.8 Å². The van der Waals surface area contributed by atoms with Crippen molar-refractivity contribution in [1.29, 1.82) is 5.41 Å². The molecule has 4 aromatic rings. The third-order valence-electron chi connectivity index (χ3n) is 12.9. The van der Waals surface area contributed by atoms with Gasteiger partial charge in [-0.1, -0.05) is 23.5 Å². The number of allylic oxidation sites excluding steroid dienone is 2. The van der Waals surface area contributed by atoms with E-state index in [1.54, 1.807) is 17.4 Å². The molecule has 5 fully saturated rings. The molecule has 4 aliphatic carbocycles. The van der Waals surface area contributed by atoms with Crippen LogP contribution >= 0.6 is 11.3 Å². The van der Waals surface area contributed by atoms with Gasteiger partial charge in [0.1, 0.15) is 5.82 Å². The summed E-state index contributed by atoms with van der Waals surface area (Å²) in [4.78, 5) is 26.7. The van der Waals surface area contributed by atoms with Crippen molar-refractivity contribution in [2.24, 2.45) is 17.3 Å². The third-order valence-corrected chi connectivity index (χ3v) is 13.8. The predicted octanol–water partition coefficient (Wildman–Crippen LogP) is 6.97. The zero-order valence-electron chi connectivity index (χ0n) is 32.3. The van der Waals surface area contributed by atoms with Crippen molar-refractivity contribution >= 4 is 61.9 Å². The molecular weight excluding hydrogens is 727 g/mol. The van der Waals surface area contributed by atoms with Gasteiger partial charge in [-0.05, 0) is 107 Å². The van der Waals surface area contributed by atoms with Gasteiger partial charge in [0.15, 0.2) is 22.5 Å². The van der Waals surface area contributed by atoms with Crippen molar-refractivity contribution in [3.05, 3.63) is 64.5 Å². The number of para-hydroxylation sites is 1. The van der Waals surface area contributed by atoms with Crippen LogP contribution in [0, 0.1) is 29.6 Å². The number of carbonyl (C=O) groups is 1. The molecule has 6 aliphatic rings. The maximum absolute atomic E-state index is 12.8. The minimum atomic E-state index is -1.14. The van der Waals surface area contributed by atoms with E-state index in [-0.39, 0.29) is 16.7 Å². The highest BCUT2D eigenvalue weighted by molar-refractivity contribution is 7.22. The van der Waals surface area contributed by atoms with Gasteiger partial charge in [-0.2, -0.15) is 0 Å². The monoisotopic (exact) mass is 777 g/mol. The quantitative estimate of drug-likeness (QED) is 0.103. The Morgan fingerprint density at radius 2 is 1.89 bits per heavy atom. The second-order valence-electron chi connectivity index (χ2n) is 16.7. The highest BCUT2D eigenvalue weighted by Crippen LogP contribution is 2.62. The van der Waals surface area contributed by atoms with E-state index in [1.807, 2.05) is 49.1 Å². The van der Waals surface area contributed by atoms with Gasteiger partial charge >= 0.3 is 5.97 Å². The summed E-state index contributed by atoms with van der Waals surface area (Å²) < 4.78 is 13.5. The summed E-state index contributed by atoms with van der Waals surface area (Å²) >= 11 is 1.57. The van der Waals surface area contributed by atoms with E-state index in [0.29, 0.717) is 47.0 Å². The fraction of sp³-hybridized carbons (Fsp3) is 0.524. The molecular formula is C42H51N9O4S. The maximum atomic E-state index is 12.8. The van der Waals surface area contributed by atoms with Gasteiger partial charge in [0.05, 0.1) is 35.6 Å². The number of morpholine rings is 1. The molecule has 0 amide bonds. The number of aromatic carboxylic acids is 1. The molecule has 2 aliphatic heterocycles. The summed E-state index contributed by atoms with van der Waals surface area (Å²) in [6.07, 6.45) is 9.96. The zero-order chi connectivity index (χ0) is 38.4. The van der Waals surface area contributed by atoms with Crippen LogP contribution in [0.5, 0.6) is 0 Å². The lowest BCUT2D eigenvalue weighted by Crippen LogP contribution is -2.59. The molecule has 10 rings (SSSR count). The summed E-state index contributed by atoms with van der Waals surface area (Å²) in [5, 5.41) is 36.0. The van der Waals surface area contributed by atoms with Crippen molar-refractivity contribution in [1.82, 2.24) is 30.4 Å². The molecule has 1 aromatic carbocycles. The highest BCUT2D eigenvalue weighted by Gasteiger charge is 2.58. The van der Waals surface area contributed by atoms with Gasteiger partial charge in [0.25, 0.3) is 0 Å². The number of carboxylic acid groups (broad SMARTS) is 1. The number of hydrogen-bond acceptors (Lipinski definition) is 13. The van der Waals surface area contributed by atoms with Gasteiger partial charge in [0, 0.05) is 66.9 Å². The minimum Gasteiger partial charge on any atom is -0.476 e. The first-order chi connectivity index (χ1) is 27.2. The van der Waals surface area contributed by atoms with Crippen LogP contribution in [-0.4, -0.2) is 101 Å². The minimum absolute atomic E-state index is 0.0548. The molecule has 14 heteroatoms. The largest absolute Gasteiger partial charge is 0.476 e. The number of ether oxygens (including phenoxy) is 2. The molecule has 1 saturated heterocycles. The van der Waals surface area contributed by atoms with E-state index in [4.69, 9.17) is 24.9 Å². The number of nitrogens with zero attached hydrogens (tertiary/aromatic N) is 6. The highest BCUT2D eigenvalue weighted by atomic mass is 32.1. The van der Waals surface area contributed by atoms with Crippen LogP contribution in [0.2, 0.25) is 0 Å². The number of thiazole rings is 1. The predicted molar refractivity (Wildman–Crippen MR) is 219 cm³/mol. The molecule has 56 heavy (non-hydrogen) atoms. The van der Waals surface area contributed by atoms with Crippen LogP contribution in [0.25, 0.3) is 15.8 Å². The Labute approximate surface area is 331 Å². The molecule has 0 spiro atoms. The summed E-state index contributed by atoms with van der Waals surface area (Å²) in [7, 11) is 0. The fourth-order valence-electron chi connectivity index (χ4n) is 10.7. The zero-order valence-corrected chi connectivity index (χ0v) is 33.1. The van der Waals surface area contributed by atoms with Crippen molar-refractivity contribution in [3.63, 3.8) is 0 Å². The Morgan fingerprint density at radius 3 is 2.66 bits per heavy atom. The van der Waals surface area contributed by atoms with Gasteiger partial charge < -0.3 is 35.5 Å². The molecule has 2 unspecified atom stereocenters. The lowest BCUT2D eigenvalue weighted by Gasteiger charge is -2.62. The number of nitrogens with one attached hydrogen (secondary N) is 3. The Bertz CT molecular complexity index is 2140. The van der Waals surface area contributed by atoms with E-state index < -0.39 is 5.97 Å². The summed E-state index contributed by atoms with van der Waals surface area (Å²) in [5.41, 5.74) is 4.68. The Balaban J connectivity index is 0.922. The number of anilines is 4. The van der Waals surface area contributed by atoms with Gasteiger partial charge in [-0.3, -0.25) is 4.90 Å². The second-order valence-corrected chi connectivity index (χ2v) is 17.7. The van der Waals surface area contributed by atoms with Crippen LogP contribution in [-0.2, 0) is 15.9 Å².